The highest BCUT2D eigenvalue weighted by molar-refractivity contribution is 7.10. The van der Waals surface area contributed by atoms with Gasteiger partial charge in [-0.1, -0.05) is 12.1 Å². The van der Waals surface area contributed by atoms with E-state index in [2.05, 4.69) is 5.32 Å². The third-order valence-electron chi connectivity index (χ3n) is 2.78. The molecule has 2 rings (SSSR count). The van der Waals surface area contributed by atoms with Gasteiger partial charge in [0.1, 0.15) is 11.6 Å². The minimum absolute atomic E-state index is 0.384. The molecule has 0 radical (unpaired) electrons. The Morgan fingerprint density at radius 3 is 2.38 bits per heavy atom. The number of aliphatic carboxylic acids is 1. The lowest BCUT2D eigenvalue weighted by Crippen LogP contribution is -2.34. The smallest absolute Gasteiger partial charge is 0.331 e. The molecule has 0 aliphatic heterocycles. The van der Waals surface area contributed by atoms with Crippen molar-refractivity contribution >= 4 is 23.2 Å². The molecule has 1 heterocycles. The minimum atomic E-state index is -1.24. The number of carboxylic acid groups (broad SMARTS) is 1. The first-order valence-corrected chi connectivity index (χ1v) is 6.85. The predicted molar refractivity (Wildman–Crippen MR) is 72.9 cm³/mol. The first kappa shape index (κ1) is 15.1. The maximum absolute atomic E-state index is 13.4. The van der Waals surface area contributed by atoms with Crippen LogP contribution in [0.15, 0.2) is 35.7 Å². The van der Waals surface area contributed by atoms with Crippen molar-refractivity contribution in [2.45, 2.75) is 12.5 Å². The Morgan fingerprint density at radius 2 is 1.86 bits per heavy atom. The van der Waals surface area contributed by atoms with Crippen LogP contribution in [0.1, 0.15) is 16.5 Å². The predicted octanol–water partition coefficient (Wildman–Crippen LogP) is 2.51. The van der Waals surface area contributed by atoms with Gasteiger partial charge < -0.3 is 10.4 Å². The number of benzene rings is 1. The fourth-order valence-corrected chi connectivity index (χ4v) is 2.55. The third-order valence-corrected chi connectivity index (χ3v) is 3.72. The number of halogens is 2. The van der Waals surface area contributed by atoms with Gasteiger partial charge in [0, 0.05) is 10.4 Å². The summed E-state index contributed by atoms with van der Waals surface area (Å²) in [4.78, 5) is 23.4. The lowest BCUT2D eigenvalue weighted by molar-refractivity contribution is -0.141. The van der Waals surface area contributed by atoms with Gasteiger partial charge in [0.05, 0.1) is 6.42 Å². The van der Waals surface area contributed by atoms with Crippen LogP contribution in [0.3, 0.4) is 0 Å². The average molecular weight is 311 g/mol. The first-order valence-electron chi connectivity index (χ1n) is 5.97. The average Bonchev–Trinajstić information content (AvgIpc) is 2.94. The Labute approximate surface area is 123 Å². The summed E-state index contributed by atoms with van der Waals surface area (Å²) in [5.41, 5.74) is -0.384. The van der Waals surface area contributed by atoms with Crippen LogP contribution in [0, 0.1) is 11.6 Å². The molecule has 21 heavy (non-hydrogen) atoms. The zero-order chi connectivity index (χ0) is 15.4. The molecule has 2 aromatic rings. The summed E-state index contributed by atoms with van der Waals surface area (Å²) in [7, 11) is 0. The molecule has 2 N–H and O–H groups in total. The van der Waals surface area contributed by atoms with Gasteiger partial charge in [-0.05, 0) is 23.6 Å². The molecule has 1 aromatic carbocycles. The molecule has 1 atom stereocenters. The van der Waals surface area contributed by atoms with Crippen molar-refractivity contribution in [2.75, 3.05) is 0 Å². The van der Waals surface area contributed by atoms with E-state index in [0.717, 1.165) is 12.1 Å². The number of rotatable bonds is 5. The van der Waals surface area contributed by atoms with Crippen LogP contribution < -0.4 is 5.32 Å². The van der Waals surface area contributed by atoms with E-state index in [9.17, 15) is 18.4 Å². The third kappa shape index (κ3) is 3.63. The molecule has 1 aromatic heterocycles. The Bertz CT molecular complexity index is 638. The SMILES string of the molecule is O=C(Cc1c(F)cccc1F)NC(C(=O)O)c1cccs1. The summed E-state index contributed by atoms with van der Waals surface area (Å²) in [6.07, 6.45) is -0.562. The summed E-state index contributed by atoms with van der Waals surface area (Å²) in [6, 6.07) is 5.26. The van der Waals surface area contributed by atoms with Crippen LogP contribution in [-0.2, 0) is 16.0 Å². The fraction of sp³-hybridized carbons (Fsp3) is 0.143. The standard InChI is InChI=1S/C14H11F2NO3S/c15-9-3-1-4-10(16)8(9)7-12(18)17-13(14(19)20)11-5-2-6-21-11/h1-6,13H,7H2,(H,17,18)(H,19,20). The molecular formula is C14H11F2NO3S. The maximum Gasteiger partial charge on any atom is 0.331 e. The van der Waals surface area contributed by atoms with Crippen molar-refractivity contribution in [3.63, 3.8) is 0 Å². The van der Waals surface area contributed by atoms with E-state index >= 15 is 0 Å². The van der Waals surface area contributed by atoms with E-state index in [1.165, 1.54) is 17.4 Å². The van der Waals surface area contributed by atoms with E-state index in [-0.39, 0.29) is 5.56 Å². The summed E-state index contributed by atoms with van der Waals surface area (Å²) in [6.45, 7) is 0. The number of nitrogens with one attached hydrogen (secondary N) is 1. The molecule has 7 heteroatoms. The van der Waals surface area contributed by atoms with Crippen molar-refractivity contribution in [3.05, 3.63) is 57.8 Å². The molecule has 0 aliphatic carbocycles. The van der Waals surface area contributed by atoms with Crippen molar-refractivity contribution < 1.29 is 23.5 Å². The zero-order valence-corrected chi connectivity index (χ0v) is 11.5. The van der Waals surface area contributed by atoms with Crippen LogP contribution in [0.5, 0.6) is 0 Å². The van der Waals surface area contributed by atoms with Crippen molar-refractivity contribution in [1.29, 1.82) is 0 Å². The number of hydrogen-bond acceptors (Lipinski definition) is 3. The van der Waals surface area contributed by atoms with E-state index < -0.39 is 36.0 Å². The van der Waals surface area contributed by atoms with Gasteiger partial charge in [0.2, 0.25) is 5.91 Å². The second-order valence-corrected chi connectivity index (χ2v) is 5.21. The van der Waals surface area contributed by atoms with Gasteiger partial charge in [-0.15, -0.1) is 11.3 Å². The number of hydrogen-bond donors (Lipinski definition) is 2. The molecule has 4 nitrogen and oxygen atoms in total. The van der Waals surface area contributed by atoms with Gasteiger partial charge in [-0.3, -0.25) is 4.79 Å². The molecule has 0 fully saturated rings. The molecule has 0 bridgehead atoms. The quantitative estimate of drug-likeness (QED) is 0.891. The normalized spacial score (nSPS) is 11.9. The Kier molecular flexibility index (Phi) is 4.64. The van der Waals surface area contributed by atoms with Gasteiger partial charge in [-0.25, -0.2) is 13.6 Å². The van der Waals surface area contributed by atoms with E-state index in [0.29, 0.717) is 4.88 Å². The Morgan fingerprint density at radius 1 is 1.19 bits per heavy atom. The van der Waals surface area contributed by atoms with E-state index in [4.69, 9.17) is 5.11 Å². The fourth-order valence-electron chi connectivity index (χ4n) is 1.78. The second-order valence-electron chi connectivity index (χ2n) is 4.23. The van der Waals surface area contributed by atoms with Gasteiger partial charge in [-0.2, -0.15) is 0 Å². The van der Waals surface area contributed by atoms with Crippen LogP contribution in [0.4, 0.5) is 8.78 Å². The van der Waals surface area contributed by atoms with Crippen LogP contribution in [0.2, 0.25) is 0 Å². The minimum Gasteiger partial charge on any atom is -0.479 e. The number of amides is 1. The summed E-state index contributed by atoms with van der Waals surface area (Å²) in [5, 5.41) is 13.0. The van der Waals surface area contributed by atoms with Crippen molar-refractivity contribution in [3.8, 4) is 0 Å². The maximum atomic E-state index is 13.4. The monoisotopic (exact) mass is 311 g/mol. The van der Waals surface area contributed by atoms with Crippen molar-refractivity contribution in [1.82, 2.24) is 5.32 Å². The molecule has 110 valence electrons. The van der Waals surface area contributed by atoms with Crippen molar-refractivity contribution in [2.24, 2.45) is 0 Å². The van der Waals surface area contributed by atoms with Crippen LogP contribution in [0.25, 0.3) is 0 Å². The second kappa shape index (κ2) is 6.45. The largest absolute Gasteiger partial charge is 0.479 e. The lowest BCUT2D eigenvalue weighted by atomic mass is 10.1. The van der Waals surface area contributed by atoms with Crippen LogP contribution in [-0.4, -0.2) is 17.0 Å². The van der Waals surface area contributed by atoms with Gasteiger partial charge >= 0.3 is 5.97 Å². The highest BCUT2D eigenvalue weighted by Gasteiger charge is 2.24. The molecular weight excluding hydrogens is 300 g/mol. The first-order chi connectivity index (χ1) is 9.99. The number of thiophene rings is 1. The molecule has 0 saturated heterocycles. The van der Waals surface area contributed by atoms with Gasteiger partial charge in [0.15, 0.2) is 6.04 Å². The topological polar surface area (TPSA) is 66.4 Å². The number of carboxylic acids is 1. The summed E-state index contributed by atoms with van der Waals surface area (Å²) < 4.78 is 26.9. The highest BCUT2D eigenvalue weighted by Crippen LogP contribution is 2.20. The lowest BCUT2D eigenvalue weighted by Gasteiger charge is -2.13. The van der Waals surface area contributed by atoms with Gasteiger partial charge in [0.25, 0.3) is 0 Å². The summed E-state index contributed by atoms with van der Waals surface area (Å²) >= 11 is 1.17. The summed E-state index contributed by atoms with van der Waals surface area (Å²) in [5.74, 6) is -3.68. The Balaban J connectivity index is 2.12. The molecule has 0 spiro atoms. The van der Waals surface area contributed by atoms with E-state index in [1.807, 2.05) is 0 Å². The molecule has 1 unspecified atom stereocenters. The van der Waals surface area contributed by atoms with E-state index in [1.54, 1.807) is 17.5 Å². The number of carbonyl (C=O) groups excluding carboxylic acids is 1. The molecule has 0 aliphatic rings. The zero-order valence-electron chi connectivity index (χ0n) is 10.7. The molecule has 0 saturated carbocycles. The Hall–Kier alpha value is -2.28. The van der Waals surface area contributed by atoms with Crippen LogP contribution >= 0.6 is 11.3 Å². The molecule has 1 amide bonds. The highest BCUT2D eigenvalue weighted by atomic mass is 32.1. The number of carbonyl (C=O) groups is 2.